The highest BCUT2D eigenvalue weighted by Crippen LogP contribution is 2.63. The van der Waals surface area contributed by atoms with Crippen LogP contribution in [0.2, 0.25) is 0 Å². The van der Waals surface area contributed by atoms with E-state index in [0.717, 1.165) is 12.8 Å². The third-order valence-corrected chi connectivity index (χ3v) is 7.37. The van der Waals surface area contributed by atoms with Crippen LogP contribution < -0.4 is 0 Å². The van der Waals surface area contributed by atoms with E-state index >= 15 is 0 Å². The van der Waals surface area contributed by atoms with Crippen LogP contribution in [0.4, 0.5) is 0 Å². The highest BCUT2D eigenvalue weighted by molar-refractivity contribution is 5.86. The van der Waals surface area contributed by atoms with Crippen molar-refractivity contribution in [2.24, 2.45) is 29.1 Å². The number of hydrogen-bond acceptors (Lipinski definition) is 1. The van der Waals surface area contributed by atoms with Crippen LogP contribution in [0.15, 0.2) is 53.6 Å². The van der Waals surface area contributed by atoms with Crippen LogP contribution >= 0.6 is 0 Å². The number of carboxylic acids is 1. The Labute approximate surface area is 164 Å². The highest BCUT2D eigenvalue weighted by atomic mass is 16.4. The quantitative estimate of drug-likeness (QED) is 0.480. The molecule has 2 nitrogen and oxygen atoms in total. The fourth-order valence-electron chi connectivity index (χ4n) is 6.36. The smallest absolute Gasteiger partial charge is 0.330 e. The summed E-state index contributed by atoms with van der Waals surface area (Å²) in [6.45, 7) is 11.1. The molecule has 0 saturated heterocycles. The van der Waals surface area contributed by atoms with Gasteiger partial charge in [-0.25, -0.2) is 4.79 Å². The number of hydrogen-bond donors (Lipinski definition) is 1. The zero-order valence-corrected chi connectivity index (χ0v) is 17.4. The predicted molar refractivity (Wildman–Crippen MR) is 112 cm³/mol. The maximum atomic E-state index is 11.7. The van der Waals surface area contributed by atoms with Gasteiger partial charge in [0.2, 0.25) is 0 Å². The molecule has 0 spiro atoms. The number of carbonyl (C=O) groups is 1. The summed E-state index contributed by atoms with van der Waals surface area (Å²) >= 11 is 0. The van der Waals surface area contributed by atoms with E-state index in [2.05, 4.69) is 70.2 Å². The lowest BCUT2D eigenvalue weighted by molar-refractivity contribution is -0.132. The molecule has 3 rings (SSSR count). The van der Waals surface area contributed by atoms with E-state index in [0.29, 0.717) is 29.2 Å². The van der Waals surface area contributed by atoms with E-state index in [9.17, 15) is 9.90 Å². The van der Waals surface area contributed by atoms with Gasteiger partial charge >= 0.3 is 5.97 Å². The molecular weight excluding hydrogens is 332 g/mol. The molecule has 0 bridgehead atoms. The molecule has 1 fully saturated rings. The van der Waals surface area contributed by atoms with E-state index in [4.69, 9.17) is 0 Å². The molecule has 2 aliphatic rings. The molecule has 27 heavy (non-hydrogen) atoms. The summed E-state index contributed by atoms with van der Waals surface area (Å²) in [5, 5.41) is 9.65. The molecule has 1 saturated carbocycles. The zero-order valence-electron chi connectivity index (χ0n) is 17.4. The topological polar surface area (TPSA) is 37.3 Å². The average Bonchev–Trinajstić information content (AvgIpc) is 2.97. The van der Waals surface area contributed by atoms with Gasteiger partial charge in [-0.15, -0.1) is 0 Å². The number of carboxylic acid groups (broad SMARTS) is 1. The maximum Gasteiger partial charge on any atom is 0.330 e. The van der Waals surface area contributed by atoms with Gasteiger partial charge in [0, 0.05) is 16.9 Å². The van der Waals surface area contributed by atoms with Gasteiger partial charge in [0.05, 0.1) is 0 Å². The summed E-state index contributed by atoms with van der Waals surface area (Å²) in [7, 11) is 0. The minimum absolute atomic E-state index is 0.142. The standard InChI is InChI=1S/C25H34O2/c1-6-19-14-21(20-11-9-8-10-12-20)25(7-2,15-18(5)24(26)27)23-17(4)13-16(3)22(19)23/h8-12,14-17,21-23H,6-7,13H2,1-5H3,(H,26,27)/b18-15+/t16-,17-,21-,22-,23+,25-/m1/s1. The van der Waals surface area contributed by atoms with Crippen molar-refractivity contribution in [1.82, 2.24) is 0 Å². The van der Waals surface area contributed by atoms with Crippen LogP contribution in [-0.4, -0.2) is 11.1 Å². The minimum Gasteiger partial charge on any atom is -0.478 e. The van der Waals surface area contributed by atoms with Crippen LogP contribution in [0, 0.1) is 29.1 Å². The van der Waals surface area contributed by atoms with E-state index in [1.54, 1.807) is 12.5 Å². The van der Waals surface area contributed by atoms with Crippen molar-refractivity contribution in [2.45, 2.75) is 59.8 Å². The first-order valence-corrected chi connectivity index (χ1v) is 10.5. The van der Waals surface area contributed by atoms with Crippen molar-refractivity contribution in [3.63, 3.8) is 0 Å². The first-order valence-electron chi connectivity index (χ1n) is 10.5. The third kappa shape index (κ3) is 3.28. The second-order valence-corrected chi connectivity index (χ2v) is 8.82. The van der Waals surface area contributed by atoms with Crippen molar-refractivity contribution < 1.29 is 9.90 Å². The van der Waals surface area contributed by atoms with Crippen LogP contribution in [0.3, 0.4) is 0 Å². The van der Waals surface area contributed by atoms with Gasteiger partial charge in [-0.3, -0.25) is 0 Å². The molecule has 0 aliphatic heterocycles. The number of allylic oxidation sites excluding steroid dienone is 3. The Balaban J connectivity index is 2.27. The molecule has 1 aromatic rings. The van der Waals surface area contributed by atoms with Crippen molar-refractivity contribution in [1.29, 1.82) is 0 Å². The molecule has 146 valence electrons. The van der Waals surface area contributed by atoms with Gasteiger partial charge < -0.3 is 5.11 Å². The summed E-state index contributed by atoms with van der Waals surface area (Å²) in [5.41, 5.74) is 3.23. The van der Waals surface area contributed by atoms with Gasteiger partial charge in [0.25, 0.3) is 0 Å². The zero-order chi connectivity index (χ0) is 19.8. The second kappa shape index (κ2) is 7.66. The molecule has 0 aromatic heterocycles. The highest BCUT2D eigenvalue weighted by Gasteiger charge is 2.55. The lowest BCUT2D eigenvalue weighted by Crippen LogP contribution is -2.43. The fraction of sp³-hybridized carbons (Fsp3) is 0.560. The predicted octanol–water partition coefficient (Wildman–Crippen LogP) is 6.46. The average molecular weight is 367 g/mol. The van der Waals surface area contributed by atoms with Gasteiger partial charge in [0.15, 0.2) is 0 Å². The molecule has 1 aromatic carbocycles. The van der Waals surface area contributed by atoms with E-state index in [-0.39, 0.29) is 11.3 Å². The lowest BCUT2D eigenvalue weighted by Gasteiger charge is -2.51. The molecule has 6 atom stereocenters. The molecule has 0 radical (unpaired) electrons. The monoisotopic (exact) mass is 366 g/mol. The Morgan fingerprint density at radius 1 is 1.19 bits per heavy atom. The van der Waals surface area contributed by atoms with E-state index in [1.165, 1.54) is 12.0 Å². The molecule has 0 unspecified atom stereocenters. The fourth-order valence-corrected chi connectivity index (χ4v) is 6.36. The van der Waals surface area contributed by atoms with Crippen LogP contribution in [-0.2, 0) is 4.79 Å². The Kier molecular flexibility index (Phi) is 5.65. The Hall–Kier alpha value is -1.83. The van der Waals surface area contributed by atoms with Crippen LogP contribution in [0.5, 0.6) is 0 Å². The van der Waals surface area contributed by atoms with Crippen molar-refractivity contribution >= 4 is 5.97 Å². The summed E-state index contributed by atoms with van der Waals surface area (Å²) in [4.78, 5) is 11.7. The minimum atomic E-state index is -0.796. The van der Waals surface area contributed by atoms with E-state index in [1.807, 2.05) is 0 Å². The number of fused-ring (bicyclic) bond motifs is 1. The van der Waals surface area contributed by atoms with Crippen molar-refractivity contribution in [3.05, 3.63) is 59.2 Å². The van der Waals surface area contributed by atoms with Gasteiger partial charge in [-0.2, -0.15) is 0 Å². The van der Waals surface area contributed by atoms with Gasteiger partial charge in [0.1, 0.15) is 0 Å². The second-order valence-electron chi connectivity index (χ2n) is 8.82. The summed E-state index contributed by atoms with van der Waals surface area (Å²) in [6, 6.07) is 10.7. The molecule has 0 amide bonds. The number of benzene rings is 1. The Bertz CT molecular complexity index is 745. The lowest BCUT2D eigenvalue weighted by atomic mass is 9.52. The van der Waals surface area contributed by atoms with Crippen molar-refractivity contribution in [3.8, 4) is 0 Å². The number of rotatable bonds is 5. The Morgan fingerprint density at radius 3 is 2.41 bits per heavy atom. The third-order valence-electron chi connectivity index (χ3n) is 7.37. The van der Waals surface area contributed by atoms with Gasteiger partial charge in [-0.1, -0.05) is 75.8 Å². The summed E-state index contributed by atoms with van der Waals surface area (Å²) < 4.78 is 0. The van der Waals surface area contributed by atoms with E-state index < -0.39 is 5.97 Å². The molecule has 1 N–H and O–H groups in total. The largest absolute Gasteiger partial charge is 0.478 e. The molecule has 0 heterocycles. The molecular formula is C25H34O2. The van der Waals surface area contributed by atoms with Gasteiger partial charge in [-0.05, 0) is 55.4 Å². The molecule has 2 aliphatic carbocycles. The van der Waals surface area contributed by atoms with Crippen molar-refractivity contribution in [2.75, 3.05) is 0 Å². The Morgan fingerprint density at radius 2 is 1.85 bits per heavy atom. The maximum absolute atomic E-state index is 11.7. The molecule has 2 heteroatoms. The van der Waals surface area contributed by atoms with Crippen LogP contribution in [0.25, 0.3) is 0 Å². The first kappa shape index (κ1) is 19.9. The van der Waals surface area contributed by atoms with Crippen LogP contribution in [0.1, 0.15) is 65.4 Å². The summed E-state index contributed by atoms with van der Waals surface area (Å²) in [5.74, 6) is 1.78. The SMILES string of the molecule is CCC1=C[C@H](c2ccccc2)[C@](/C=C(\C)C(=O)O)(CC)[C@@H]2[C@@H]1[C@H](C)C[C@H]2C. The normalized spacial score (nSPS) is 36.3. The first-order chi connectivity index (χ1) is 12.9. The summed E-state index contributed by atoms with van der Waals surface area (Å²) in [6.07, 6.45) is 7.91. The number of aliphatic carboxylic acids is 1.